The van der Waals surface area contributed by atoms with Gasteiger partial charge in [0.1, 0.15) is 11.6 Å². The van der Waals surface area contributed by atoms with Crippen LogP contribution in [0.5, 0.6) is 5.75 Å². The Morgan fingerprint density at radius 2 is 2.06 bits per heavy atom. The average molecular weight is 248 g/mol. The van der Waals surface area contributed by atoms with Gasteiger partial charge in [0.15, 0.2) is 0 Å². The molecule has 0 aliphatic heterocycles. The van der Waals surface area contributed by atoms with Gasteiger partial charge in [-0.05, 0) is 24.6 Å². The highest BCUT2D eigenvalue weighted by Crippen LogP contribution is 2.26. The maximum atomic E-state index is 12.9. The van der Waals surface area contributed by atoms with Gasteiger partial charge in [-0.3, -0.25) is 0 Å². The number of aromatic hydroxyl groups is 1. The number of unbranched alkanes of at least 4 members (excludes halogenated alkanes) is 2. The van der Waals surface area contributed by atoms with Crippen molar-refractivity contribution in [3.8, 4) is 5.75 Å². The van der Waals surface area contributed by atoms with Gasteiger partial charge in [0.25, 0.3) is 0 Å². The van der Waals surface area contributed by atoms with Gasteiger partial charge in [-0.2, -0.15) is 0 Å². The van der Waals surface area contributed by atoms with Crippen molar-refractivity contribution in [2.45, 2.75) is 38.6 Å². The average Bonchev–Trinajstić information content (AvgIpc) is 2.22. The Hall–Kier alpha value is -0.800. The van der Waals surface area contributed by atoms with Crippen LogP contribution in [0.2, 0.25) is 0 Å². The summed E-state index contributed by atoms with van der Waals surface area (Å²) in [5.74, 6) is -0.269. The summed E-state index contributed by atoms with van der Waals surface area (Å²) in [5.41, 5.74) is 6.38. The molecule has 3 N–H and O–H groups in total. The lowest BCUT2D eigenvalue weighted by molar-refractivity contribution is 0.452. The van der Waals surface area contributed by atoms with Gasteiger partial charge in [-0.25, -0.2) is 4.39 Å². The molecule has 0 saturated carbocycles. The predicted molar refractivity (Wildman–Crippen MR) is 66.4 cm³/mol. The summed E-state index contributed by atoms with van der Waals surface area (Å²) in [6.45, 7) is 2.12. The summed E-state index contributed by atoms with van der Waals surface area (Å²) in [7, 11) is 0. The van der Waals surface area contributed by atoms with E-state index >= 15 is 0 Å². The number of halogens is 2. The maximum absolute atomic E-state index is 12.9. The van der Waals surface area contributed by atoms with E-state index in [4.69, 9.17) is 5.73 Å². The summed E-state index contributed by atoms with van der Waals surface area (Å²) in [6.07, 6.45) is 4.03. The van der Waals surface area contributed by atoms with Crippen LogP contribution in [0.3, 0.4) is 0 Å². The molecule has 1 rings (SSSR count). The molecular formula is C12H19ClFNO. The van der Waals surface area contributed by atoms with Crippen LogP contribution in [0.4, 0.5) is 4.39 Å². The molecule has 2 nitrogen and oxygen atoms in total. The van der Waals surface area contributed by atoms with Crippen molar-refractivity contribution in [3.05, 3.63) is 29.6 Å². The Bertz CT molecular complexity index is 320. The number of hydrogen-bond acceptors (Lipinski definition) is 2. The minimum atomic E-state index is -0.353. The van der Waals surface area contributed by atoms with Gasteiger partial charge in [-0.15, -0.1) is 12.4 Å². The minimum absolute atomic E-state index is 0. The molecule has 0 fully saturated rings. The molecule has 1 aromatic carbocycles. The third-order valence-electron chi connectivity index (χ3n) is 2.51. The van der Waals surface area contributed by atoms with Crippen molar-refractivity contribution in [1.82, 2.24) is 0 Å². The molecule has 1 atom stereocenters. The molecule has 0 bridgehead atoms. The second-order valence-electron chi connectivity index (χ2n) is 3.81. The van der Waals surface area contributed by atoms with Crippen LogP contribution < -0.4 is 5.73 Å². The Morgan fingerprint density at radius 1 is 1.38 bits per heavy atom. The van der Waals surface area contributed by atoms with Crippen LogP contribution in [-0.2, 0) is 0 Å². The van der Waals surface area contributed by atoms with Gasteiger partial charge in [0.2, 0.25) is 0 Å². The van der Waals surface area contributed by atoms with E-state index in [0.29, 0.717) is 5.56 Å². The van der Waals surface area contributed by atoms with Gasteiger partial charge in [0.05, 0.1) is 0 Å². The highest BCUT2D eigenvalue weighted by molar-refractivity contribution is 5.85. The summed E-state index contributed by atoms with van der Waals surface area (Å²) in [4.78, 5) is 0. The molecule has 0 amide bonds. The van der Waals surface area contributed by atoms with Crippen LogP contribution >= 0.6 is 12.4 Å². The lowest BCUT2D eigenvalue weighted by Gasteiger charge is -2.13. The van der Waals surface area contributed by atoms with Crippen molar-refractivity contribution < 1.29 is 9.50 Å². The quantitative estimate of drug-likeness (QED) is 0.782. The molecule has 0 heterocycles. The van der Waals surface area contributed by atoms with E-state index in [0.717, 1.165) is 25.7 Å². The second-order valence-corrected chi connectivity index (χ2v) is 3.81. The molecule has 1 aromatic rings. The topological polar surface area (TPSA) is 46.2 Å². The number of phenolic OH excluding ortho intramolecular Hbond substituents is 1. The van der Waals surface area contributed by atoms with Gasteiger partial charge < -0.3 is 10.8 Å². The first-order chi connectivity index (χ1) is 7.15. The lowest BCUT2D eigenvalue weighted by atomic mass is 10.0. The second kappa shape index (κ2) is 7.47. The summed E-state index contributed by atoms with van der Waals surface area (Å²) in [5, 5.41) is 9.52. The van der Waals surface area contributed by atoms with Gasteiger partial charge in [-0.1, -0.05) is 26.2 Å². The Morgan fingerprint density at radius 3 is 2.69 bits per heavy atom. The molecule has 92 valence electrons. The fourth-order valence-corrected chi connectivity index (χ4v) is 1.59. The first kappa shape index (κ1) is 15.2. The number of nitrogens with two attached hydrogens (primary N) is 1. The Kier molecular flexibility index (Phi) is 7.10. The van der Waals surface area contributed by atoms with Gasteiger partial charge in [0, 0.05) is 11.6 Å². The zero-order valence-corrected chi connectivity index (χ0v) is 10.3. The number of phenols is 1. The third-order valence-corrected chi connectivity index (χ3v) is 2.51. The van der Waals surface area contributed by atoms with E-state index in [2.05, 4.69) is 6.92 Å². The van der Waals surface area contributed by atoms with E-state index in [-0.39, 0.29) is 30.0 Å². The highest BCUT2D eigenvalue weighted by atomic mass is 35.5. The summed E-state index contributed by atoms with van der Waals surface area (Å²) < 4.78 is 12.9. The van der Waals surface area contributed by atoms with Crippen molar-refractivity contribution in [2.24, 2.45) is 5.73 Å². The molecule has 0 spiro atoms. The molecular weight excluding hydrogens is 229 g/mol. The zero-order chi connectivity index (χ0) is 11.3. The fraction of sp³-hybridized carbons (Fsp3) is 0.500. The zero-order valence-electron chi connectivity index (χ0n) is 9.45. The number of rotatable bonds is 5. The minimum Gasteiger partial charge on any atom is -0.508 e. The molecule has 16 heavy (non-hydrogen) atoms. The Balaban J connectivity index is 0.00000225. The fourth-order valence-electron chi connectivity index (χ4n) is 1.59. The van der Waals surface area contributed by atoms with Crippen molar-refractivity contribution >= 4 is 12.4 Å². The molecule has 0 aliphatic rings. The van der Waals surface area contributed by atoms with Crippen molar-refractivity contribution in [1.29, 1.82) is 0 Å². The van der Waals surface area contributed by atoms with E-state index < -0.39 is 0 Å². The molecule has 4 heteroatoms. The van der Waals surface area contributed by atoms with Crippen molar-refractivity contribution in [2.75, 3.05) is 0 Å². The monoisotopic (exact) mass is 247 g/mol. The SMILES string of the molecule is CCCCC[C@H](N)c1cc(F)ccc1O.Cl. The number of hydrogen-bond donors (Lipinski definition) is 2. The van der Waals surface area contributed by atoms with E-state index in [1.54, 1.807) is 0 Å². The highest BCUT2D eigenvalue weighted by Gasteiger charge is 2.11. The lowest BCUT2D eigenvalue weighted by Crippen LogP contribution is -2.10. The molecule has 0 unspecified atom stereocenters. The third kappa shape index (κ3) is 4.37. The van der Waals surface area contributed by atoms with Crippen molar-refractivity contribution in [3.63, 3.8) is 0 Å². The smallest absolute Gasteiger partial charge is 0.123 e. The molecule has 0 saturated heterocycles. The number of benzene rings is 1. The molecule has 0 aromatic heterocycles. The van der Waals surface area contributed by atoms with Crippen LogP contribution in [0.1, 0.15) is 44.2 Å². The van der Waals surface area contributed by atoms with Crippen LogP contribution in [0, 0.1) is 5.82 Å². The summed E-state index contributed by atoms with van der Waals surface area (Å²) >= 11 is 0. The van der Waals surface area contributed by atoms with Crippen LogP contribution in [0.25, 0.3) is 0 Å². The first-order valence-corrected chi connectivity index (χ1v) is 5.39. The van der Waals surface area contributed by atoms with E-state index in [1.165, 1.54) is 18.2 Å². The molecule has 0 aliphatic carbocycles. The van der Waals surface area contributed by atoms with E-state index in [9.17, 15) is 9.50 Å². The van der Waals surface area contributed by atoms with Gasteiger partial charge >= 0.3 is 0 Å². The normalized spacial score (nSPS) is 11.9. The standard InChI is InChI=1S/C12H18FNO.ClH/c1-2-3-4-5-11(14)10-8-9(13)6-7-12(10)15;/h6-8,11,15H,2-5,14H2,1H3;1H/t11-;/m0./s1. The first-order valence-electron chi connectivity index (χ1n) is 5.39. The summed E-state index contributed by atoms with van der Waals surface area (Å²) in [6, 6.07) is 3.63. The van der Waals surface area contributed by atoms with Crippen LogP contribution in [-0.4, -0.2) is 5.11 Å². The van der Waals surface area contributed by atoms with E-state index in [1.807, 2.05) is 0 Å². The maximum Gasteiger partial charge on any atom is 0.123 e. The predicted octanol–water partition coefficient (Wildman–Crippen LogP) is 3.53. The largest absolute Gasteiger partial charge is 0.508 e. The van der Waals surface area contributed by atoms with Crippen LogP contribution in [0.15, 0.2) is 18.2 Å². The molecule has 0 radical (unpaired) electrons. The Labute approximate surface area is 102 Å².